The smallest absolute Gasteiger partial charge is 0.260 e. The highest BCUT2D eigenvalue weighted by Crippen LogP contribution is 2.34. The van der Waals surface area contributed by atoms with E-state index in [1.807, 2.05) is 12.1 Å². The Bertz CT molecular complexity index is 675. The van der Waals surface area contributed by atoms with Crippen LogP contribution in [0.5, 0.6) is 0 Å². The third-order valence-electron chi connectivity index (χ3n) is 4.05. The molecule has 1 aliphatic rings. The highest BCUT2D eigenvalue weighted by atomic mass is 16.3. The summed E-state index contributed by atoms with van der Waals surface area (Å²) in [5.41, 5.74) is -0.164. The number of carbonyl (C=O) groups is 1. The molecule has 5 nitrogen and oxygen atoms in total. The van der Waals surface area contributed by atoms with Crippen LogP contribution in [0.2, 0.25) is 0 Å². The van der Waals surface area contributed by atoms with Crippen molar-refractivity contribution in [1.29, 1.82) is 0 Å². The molecule has 1 fully saturated rings. The maximum atomic E-state index is 12.7. The maximum absolute atomic E-state index is 12.7. The summed E-state index contributed by atoms with van der Waals surface area (Å²) in [5.74, 6) is 1.07. The van der Waals surface area contributed by atoms with Crippen molar-refractivity contribution in [2.75, 3.05) is 6.54 Å². The molecule has 2 atom stereocenters. The molecule has 2 aromatic heterocycles. The molecule has 1 saturated heterocycles. The summed E-state index contributed by atoms with van der Waals surface area (Å²) in [5, 5.41) is 0. The van der Waals surface area contributed by atoms with Gasteiger partial charge in [0.1, 0.15) is 11.3 Å². The predicted molar refractivity (Wildman–Crippen MR) is 77.9 cm³/mol. The van der Waals surface area contributed by atoms with Gasteiger partial charge in [-0.1, -0.05) is 6.92 Å². The second-order valence-corrected chi connectivity index (χ2v) is 5.57. The molecule has 0 spiro atoms. The molecule has 21 heavy (non-hydrogen) atoms. The minimum absolute atomic E-state index is 0.101. The molecular formula is C16H18N2O3. The number of furan rings is 1. The van der Waals surface area contributed by atoms with Crippen molar-refractivity contribution in [1.82, 2.24) is 9.88 Å². The van der Waals surface area contributed by atoms with Crippen LogP contribution in [-0.4, -0.2) is 22.3 Å². The van der Waals surface area contributed by atoms with Crippen LogP contribution in [0.1, 0.15) is 41.9 Å². The number of H-pyrrole nitrogens is 1. The molecule has 0 aliphatic carbocycles. The standard InChI is InChI=1S/C16H18N2O3/c1-11-6-8-18(13(10-11)14-5-3-9-21-14)16(20)12-4-2-7-17-15(12)19/h2-5,7,9,11,13H,6,8,10H2,1H3,(H,17,19)/t11-,13-/m0/s1. The number of nitrogens with one attached hydrogen (secondary N) is 1. The lowest BCUT2D eigenvalue weighted by Crippen LogP contribution is -2.42. The van der Waals surface area contributed by atoms with Crippen LogP contribution in [-0.2, 0) is 0 Å². The number of nitrogens with zero attached hydrogens (tertiary/aromatic N) is 1. The number of amides is 1. The fraction of sp³-hybridized carbons (Fsp3) is 0.375. The number of rotatable bonds is 2. The molecule has 0 saturated carbocycles. The van der Waals surface area contributed by atoms with Crippen molar-refractivity contribution >= 4 is 5.91 Å². The van der Waals surface area contributed by atoms with Gasteiger partial charge in [0.05, 0.1) is 12.3 Å². The van der Waals surface area contributed by atoms with Gasteiger partial charge in [0.25, 0.3) is 11.5 Å². The second-order valence-electron chi connectivity index (χ2n) is 5.57. The lowest BCUT2D eigenvalue weighted by Gasteiger charge is -2.37. The van der Waals surface area contributed by atoms with E-state index in [0.717, 1.165) is 18.6 Å². The average molecular weight is 286 g/mol. The maximum Gasteiger partial charge on any atom is 0.260 e. The van der Waals surface area contributed by atoms with E-state index in [-0.39, 0.29) is 23.1 Å². The van der Waals surface area contributed by atoms with Gasteiger partial charge in [0.15, 0.2) is 0 Å². The molecule has 0 aromatic carbocycles. The fourth-order valence-electron chi connectivity index (χ4n) is 2.88. The minimum atomic E-state index is -0.348. The van der Waals surface area contributed by atoms with Crippen LogP contribution in [0.4, 0.5) is 0 Å². The number of aromatic amines is 1. The zero-order valence-corrected chi connectivity index (χ0v) is 11.9. The van der Waals surface area contributed by atoms with E-state index in [2.05, 4.69) is 11.9 Å². The Balaban J connectivity index is 1.93. The van der Waals surface area contributed by atoms with Gasteiger partial charge in [-0.05, 0) is 43.0 Å². The van der Waals surface area contributed by atoms with Crippen LogP contribution in [0.15, 0.2) is 45.9 Å². The van der Waals surface area contributed by atoms with Crippen LogP contribution in [0, 0.1) is 5.92 Å². The Morgan fingerprint density at radius 3 is 2.95 bits per heavy atom. The largest absolute Gasteiger partial charge is 0.467 e. The summed E-state index contributed by atoms with van der Waals surface area (Å²) in [4.78, 5) is 28.8. The van der Waals surface area contributed by atoms with Gasteiger partial charge in [-0.25, -0.2) is 0 Å². The minimum Gasteiger partial charge on any atom is -0.467 e. The number of likely N-dealkylation sites (tertiary alicyclic amines) is 1. The first-order valence-electron chi connectivity index (χ1n) is 7.19. The van der Waals surface area contributed by atoms with E-state index < -0.39 is 0 Å². The topological polar surface area (TPSA) is 66.3 Å². The first kappa shape index (κ1) is 13.7. The molecule has 0 radical (unpaired) electrons. The van der Waals surface area contributed by atoms with E-state index in [0.29, 0.717) is 12.5 Å². The highest BCUT2D eigenvalue weighted by Gasteiger charge is 2.33. The Hall–Kier alpha value is -2.30. The first-order valence-corrected chi connectivity index (χ1v) is 7.19. The Morgan fingerprint density at radius 1 is 1.38 bits per heavy atom. The number of carbonyl (C=O) groups excluding carboxylic acids is 1. The zero-order valence-electron chi connectivity index (χ0n) is 11.9. The molecule has 0 bridgehead atoms. The van der Waals surface area contributed by atoms with Gasteiger partial charge < -0.3 is 14.3 Å². The van der Waals surface area contributed by atoms with Crippen molar-refractivity contribution in [3.8, 4) is 0 Å². The van der Waals surface area contributed by atoms with Crippen molar-refractivity contribution in [3.05, 3.63) is 58.4 Å². The van der Waals surface area contributed by atoms with E-state index in [1.165, 1.54) is 6.20 Å². The van der Waals surface area contributed by atoms with Gasteiger partial charge in [-0.15, -0.1) is 0 Å². The number of hydrogen-bond donors (Lipinski definition) is 1. The van der Waals surface area contributed by atoms with Crippen molar-refractivity contribution in [3.63, 3.8) is 0 Å². The van der Waals surface area contributed by atoms with E-state index >= 15 is 0 Å². The van der Waals surface area contributed by atoms with Crippen LogP contribution < -0.4 is 5.56 Å². The summed E-state index contributed by atoms with van der Waals surface area (Å²) in [7, 11) is 0. The molecule has 0 unspecified atom stereocenters. The third-order valence-corrected chi connectivity index (χ3v) is 4.05. The summed E-state index contributed by atoms with van der Waals surface area (Å²) in [6.07, 6.45) is 4.94. The van der Waals surface area contributed by atoms with Crippen LogP contribution in [0.3, 0.4) is 0 Å². The van der Waals surface area contributed by atoms with E-state index in [1.54, 1.807) is 23.3 Å². The summed E-state index contributed by atoms with van der Waals surface area (Å²) < 4.78 is 5.49. The summed E-state index contributed by atoms with van der Waals surface area (Å²) in [6, 6.07) is 6.85. The first-order chi connectivity index (χ1) is 10.2. The van der Waals surface area contributed by atoms with E-state index in [4.69, 9.17) is 4.42 Å². The van der Waals surface area contributed by atoms with Gasteiger partial charge in [0, 0.05) is 12.7 Å². The lowest BCUT2D eigenvalue weighted by atomic mass is 9.90. The molecule has 1 amide bonds. The number of pyridine rings is 1. The van der Waals surface area contributed by atoms with Crippen molar-refractivity contribution in [2.24, 2.45) is 5.92 Å². The van der Waals surface area contributed by atoms with Gasteiger partial charge in [-0.2, -0.15) is 0 Å². The molecule has 2 aromatic rings. The number of hydrogen-bond acceptors (Lipinski definition) is 3. The number of piperidine rings is 1. The summed E-state index contributed by atoms with van der Waals surface area (Å²) in [6.45, 7) is 2.81. The Kier molecular flexibility index (Phi) is 3.64. The van der Waals surface area contributed by atoms with Gasteiger partial charge in [0.2, 0.25) is 0 Å². The normalized spacial score (nSPS) is 22.2. The number of aromatic nitrogens is 1. The fourth-order valence-corrected chi connectivity index (χ4v) is 2.88. The van der Waals surface area contributed by atoms with Gasteiger partial charge in [-0.3, -0.25) is 9.59 Å². The monoisotopic (exact) mass is 286 g/mol. The molecule has 5 heteroatoms. The Morgan fingerprint density at radius 2 is 2.24 bits per heavy atom. The molecule has 3 rings (SSSR count). The summed E-state index contributed by atoms with van der Waals surface area (Å²) >= 11 is 0. The quantitative estimate of drug-likeness (QED) is 0.922. The average Bonchev–Trinajstić information content (AvgIpc) is 3.01. The Labute approximate surface area is 122 Å². The predicted octanol–water partition coefficient (Wildman–Crippen LogP) is 2.58. The molecule has 1 aliphatic heterocycles. The SMILES string of the molecule is C[C@H]1CCN(C(=O)c2ccc[nH]c2=O)[C@H](c2ccco2)C1. The van der Waals surface area contributed by atoms with Crippen LogP contribution in [0.25, 0.3) is 0 Å². The molecule has 1 N–H and O–H groups in total. The van der Waals surface area contributed by atoms with Gasteiger partial charge >= 0.3 is 0 Å². The lowest BCUT2D eigenvalue weighted by molar-refractivity contribution is 0.0519. The molecule has 110 valence electrons. The van der Waals surface area contributed by atoms with E-state index in [9.17, 15) is 9.59 Å². The van der Waals surface area contributed by atoms with Crippen molar-refractivity contribution in [2.45, 2.75) is 25.8 Å². The zero-order chi connectivity index (χ0) is 14.8. The second kappa shape index (κ2) is 5.60. The highest BCUT2D eigenvalue weighted by molar-refractivity contribution is 5.94. The van der Waals surface area contributed by atoms with Crippen LogP contribution >= 0.6 is 0 Å². The van der Waals surface area contributed by atoms with Crippen molar-refractivity contribution < 1.29 is 9.21 Å². The molecular weight excluding hydrogens is 268 g/mol. The third kappa shape index (κ3) is 2.63. The molecule has 3 heterocycles.